The quantitative estimate of drug-likeness (QED) is 0.893. The molecule has 1 aromatic carbocycles. The number of carbonyl (C=O) groups is 2. The van der Waals surface area contributed by atoms with Gasteiger partial charge in [0.1, 0.15) is 5.75 Å². The van der Waals surface area contributed by atoms with Gasteiger partial charge in [0.05, 0.1) is 12.5 Å². The molecule has 0 aromatic heterocycles. The number of benzene rings is 1. The third-order valence-corrected chi connectivity index (χ3v) is 3.85. The number of primary amides is 1. The van der Waals surface area contributed by atoms with E-state index in [4.69, 9.17) is 10.5 Å². The summed E-state index contributed by atoms with van der Waals surface area (Å²) >= 11 is 0. The summed E-state index contributed by atoms with van der Waals surface area (Å²) in [5, 5.41) is 2.85. The first-order valence-electron chi connectivity index (χ1n) is 7.60. The second-order valence-electron chi connectivity index (χ2n) is 5.53. The topological polar surface area (TPSA) is 84.7 Å². The molecular weight excluding hydrogens is 282 g/mol. The van der Waals surface area contributed by atoms with Gasteiger partial charge in [-0.3, -0.25) is 4.79 Å². The molecule has 22 heavy (non-hydrogen) atoms. The Morgan fingerprint density at radius 2 is 2.23 bits per heavy atom. The molecule has 120 valence electrons. The molecule has 1 heterocycles. The van der Waals surface area contributed by atoms with Crippen LogP contribution in [0.5, 0.6) is 5.75 Å². The van der Waals surface area contributed by atoms with Gasteiger partial charge in [0, 0.05) is 24.8 Å². The second-order valence-corrected chi connectivity index (χ2v) is 5.53. The van der Waals surface area contributed by atoms with Crippen molar-refractivity contribution in [1.29, 1.82) is 0 Å². The number of nitrogens with one attached hydrogen (secondary N) is 1. The number of hydrogen-bond donors (Lipinski definition) is 2. The highest BCUT2D eigenvalue weighted by Gasteiger charge is 2.27. The maximum atomic E-state index is 12.3. The average Bonchev–Trinajstić information content (AvgIpc) is 2.51. The number of likely N-dealkylation sites (tertiary alicyclic amines) is 1. The lowest BCUT2D eigenvalue weighted by Gasteiger charge is -2.31. The minimum absolute atomic E-state index is 0.211. The minimum atomic E-state index is -0.341. The summed E-state index contributed by atoms with van der Waals surface area (Å²) in [6.07, 6.45) is 1.54. The van der Waals surface area contributed by atoms with Crippen molar-refractivity contribution in [3.05, 3.63) is 23.8 Å². The van der Waals surface area contributed by atoms with Gasteiger partial charge in [-0.2, -0.15) is 0 Å². The monoisotopic (exact) mass is 305 g/mol. The number of nitrogens with zero attached hydrogens (tertiary/aromatic N) is 1. The Morgan fingerprint density at radius 1 is 1.45 bits per heavy atom. The third kappa shape index (κ3) is 3.90. The Morgan fingerprint density at radius 3 is 2.91 bits per heavy atom. The first-order valence-corrected chi connectivity index (χ1v) is 7.60. The van der Waals surface area contributed by atoms with Crippen LogP contribution >= 0.6 is 0 Å². The van der Waals surface area contributed by atoms with Gasteiger partial charge in [-0.1, -0.05) is 6.07 Å². The smallest absolute Gasteiger partial charge is 0.321 e. The molecule has 1 saturated heterocycles. The van der Waals surface area contributed by atoms with E-state index < -0.39 is 0 Å². The summed E-state index contributed by atoms with van der Waals surface area (Å²) in [4.78, 5) is 25.2. The van der Waals surface area contributed by atoms with Crippen molar-refractivity contribution in [3.8, 4) is 5.75 Å². The molecule has 0 saturated carbocycles. The van der Waals surface area contributed by atoms with Crippen molar-refractivity contribution >= 4 is 17.6 Å². The zero-order valence-electron chi connectivity index (χ0n) is 13.1. The van der Waals surface area contributed by atoms with E-state index in [1.165, 1.54) is 0 Å². The fraction of sp³-hybridized carbons (Fsp3) is 0.500. The van der Waals surface area contributed by atoms with Crippen LogP contribution < -0.4 is 15.8 Å². The Hall–Kier alpha value is -2.24. The molecule has 1 unspecified atom stereocenters. The molecule has 0 radical (unpaired) electrons. The zero-order chi connectivity index (χ0) is 16.1. The molecule has 1 aromatic rings. The van der Waals surface area contributed by atoms with Crippen LogP contribution in [0.3, 0.4) is 0 Å². The highest BCUT2D eigenvalue weighted by molar-refractivity contribution is 5.90. The third-order valence-electron chi connectivity index (χ3n) is 3.85. The number of aryl methyl sites for hydroxylation is 1. The Bertz CT molecular complexity index is 560. The van der Waals surface area contributed by atoms with Crippen LogP contribution in [-0.2, 0) is 4.79 Å². The van der Waals surface area contributed by atoms with Crippen molar-refractivity contribution in [3.63, 3.8) is 0 Å². The average molecular weight is 305 g/mol. The van der Waals surface area contributed by atoms with E-state index in [0.29, 0.717) is 25.4 Å². The van der Waals surface area contributed by atoms with Crippen molar-refractivity contribution in [2.45, 2.75) is 26.7 Å². The van der Waals surface area contributed by atoms with Crippen LogP contribution in [-0.4, -0.2) is 36.5 Å². The van der Waals surface area contributed by atoms with E-state index >= 15 is 0 Å². The molecule has 1 aliphatic rings. The molecule has 1 atom stereocenters. The van der Waals surface area contributed by atoms with E-state index in [2.05, 4.69) is 5.32 Å². The van der Waals surface area contributed by atoms with Crippen LogP contribution in [0.4, 0.5) is 10.5 Å². The van der Waals surface area contributed by atoms with Gasteiger partial charge in [-0.15, -0.1) is 0 Å². The molecule has 6 heteroatoms. The normalized spacial score (nSPS) is 17.9. The number of piperidine rings is 1. The lowest BCUT2D eigenvalue weighted by Crippen LogP contribution is -2.45. The first-order chi connectivity index (χ1) is 10.5. The summed E-state index contributed by atoms with van der Waals surface area (Å²) < 4.78 is 5.53. The predicted molar refractivity (Wildman–Crippen MR) is 84.9 cm³/mol. The van der Waals surface area contributed by atoms with Crippen molar-refractivity contribution in [1.82, 2.24) is 4.90 Å². The van der Waals surface area contributed by atoms with E-state index in [1.54, 1.807) is 4.90 Å². The SMILES string of the molecule is CCOc1cc(NC(=O)N2CCCC(C(N)=O)C2)ccc1C. The van der Waals surface area contributed by atoms with E-state index in [1.807, 2.05) is 32.0 Å². The van der Waals surface area contributed by atoms with Gasteiger partial charge >= 0.3 is 6.03 Å². The number of anilines is 1. The standard InChI is InChI=1S/C16H23N3O3/c1-3-22-14-9-13(7-6-11(14)2)18-16(21)19-8-4-5-12(10-19)15(17)20/h6-7,9,12H,3-5,8,10H2,1-2H3,(H2,17,20)(H,18,21). The largest absolute Gasteiger partial charge is 0.494 e. The lowest BCUT2D eigenvalue weighted by atomic mass is 9.98. The molecule has 0 bridgehead atoms. The number of rotatable bonds is 4. The molecular formula is C16H23N3O3. The van der Waals surface area contributed by atoms with Crippen LogP contribution in [0, 0.1) is 12.8 Å². The number of hydrogen-bond acceptors (Lipinski definition) is 3. The van der Waals surface area contributed by atoms with Gasteiger partial charge in [0.15, 0.2) is 0 Å². The number of carbonyl (C=O) groups excluding carboxylic acids is 2. The number of amides is 3. The van der Waals surface area contributed by atoms with Gasteiger partial charge in [0.25, 0.3) is 0 Å². The second kappa shape index (κ2) is 7.15. The van der Waals surface area contributed by atoms with Gasteiger partial charge in [-0.05, 0) is 38.3 Å². The number of ether oxygens (including phenoxy) is 1. The summed E-state index contributed by atoms with van der Waals surface area (Å²) in [6.45, 7) is 5.47. The van der Waals surface area contributed by atoms with Crippen LogP contribution in [0.15, 0.2) is 18.2 Å². The van der Waals surface area contributed by atoms with E-state index in [0.717, 1.165) is 24.2 Å². The predicted octanol–water partition coefficient (Wildman–Crippen LogP) is 2.12. The van der Waals surface area contributed by atoms with E-state index in [9.17, 15) is 9.59 Å². The summed E-state index contributed by atoms with van der Waals surface area (Å²) in [5.74, 6) is 0.164. The fourth-order valence-electron chi connectivity index (χ4n) is 2.59. The maximum absolute atomic E-state index is 12.3. The van der Waals surface area contributed by atoms with E-state index in [-0.39, 0.29) is 17.9 Å². The minimum Gasteiger partial charge on any atom is -0.494 e. The highest BCUT2D eigenvalue weighted by Crippen LogP contribution is 2.23. The summed E-state index contributed by atoms with van der Waals surface area (Å²) in [7, 11) is 0. The molecule has 3 amide bonds. The fourth-order valence-corrected chi connectivity index (χ4v) is 2.59. The lowest BCUT2D eigenvalue weighted by molar-refractivity contribution is -0.123. The summed E-state index contributed by atoms with van der Waals surface area (Å²) in [6, 6.07) is 5.35. The van der Waals surface area contributed by atoms with Crippen LogP contribution in [0.2, 0.25) is 0 Å². The Labute approximate surface area is 130 Å². The number of urea groups is 1. The Kier molecular flexibility index (Phi) is 5.25. The van der Waals surface area contributed by atoms with Crippen LogP contribution in [0.25, 0.3) is 0 Å². The Balaban J connectivity index is 2.02. The van der Waals surface area contributed by atoms with Gasteiger partial charge in [-0.25, -0.2) is 4.79 Å². The van der Waals surface area contributed by atoms with Gasteiger partial charge < -0.3 is 20.7 Å². The van der Waals surface area contributed by atoms with Crippen molar-refractivity contribution in [2.75, 3.05) is 25.0 Å². The zero-order valence-corrected chi connectivity index (χ0v) is 13.1. The van der Waals surface area contributed by atoms with Crippen molar-refractivity contribution in [2.24, 2.45) is 11.7 Å². The van der Waals surface area contributed by atoms with Crippen molar-refractivity contribution < 1.29 is 14.3 Å². The highest BCUT2D eigenvalue weighted by atomic mass is 16.5. The van der Waals surface area contributed by atoms with Crippen LogP contribution in [0.1, 0.15) is 25.3 Å². The molecule has 2 rings (SSSR count). The molecule has 1 aliphatic heterocycles. The maximum Gasteiger partial charge on any atom is 0.321 e. The molecule has 0 aliphatic carbocycles. The molecule has 6 nitrogen and oxygen atoms in total. The van der Waals surface area contributed by atoms with Gasteiger partial charge in [0.2, 0.25) is 5.91 Å². The first kappa shape index (κ1) is 16.1. The summed E-state index contributed by atoms with van der Waals surface area (Å²) in [5.41, 5.74) is 7.04. The molecule has 1 fully saturated rings. The number of nitrogens with two attached hydrogens (primary N) is 1. The molecule has 0 spiro atoms. The molecule has 3 N–H and O–H groups in total.